The van der Waals surface area contributed by atoms with Crippen molar-refractivity contribution < 1.29 is 13.5 Å². The molecule has 0 amide bonds. The highest BCUT2D eigenvalue weighted by Crippen LogP contribution is 2.24. The minimum Gasteiger partial charge on any atom is -0.387 e. The highest BCUT2D eigenvalue weighted by Gasteiger charge is 2.28. The number of aliphatic hydroxyl groups excluding tert-OH is 1. The highest BCUT2D eigenvalue weighted by molar-refractivity contribution is 7.91. The molecule has 0 aliphatic heterocycles. The molecule has 4 heteroatoms. The van der Waals surface area contributed by atoms with Crippen molar-refractivity contribution in [2.24, 2.45) is 0 Å². The Morgan fingerprint density at radius 3 is 2.12 bits per heavy atom. The Labute approximate surface area is 97.0 Å². The van der Waals surface area contributed by atoms with Crippen LogP contribution in [0.25, 0.3) is 0 Å². The lowest BCUT2D eigenvalue weighted by Gasteiger charge is -2.20. The van der Waals surface area contributed by atoms with Gasteiger partial charge >= 0.3 is 0 Å². The number of hydrogen-bond donors (Lipinski definition) is 1. The van der Waals surface area contributed by atoms with Gasteiger partial charge in [-0.3, -0.25) is 0 Å². The molecule has 2 atom stereocenters. The molecule has 0 unspecified atom stereocenters. The summed E-state index contributed by atoms with van der Waals surface area (Å²) in [7, 11) is -3.22. The standard InChI is InChI=1S/C12H18O3S/c1-4-11(16(3,14)15)12(13)10-7-5-9(2)6-8-10/h5-8,11-13H,4H2,1-3H3/t11-,12-/m0/s1. The molecule has 0 heterocycles. The molecular formula is C12H18O3S. The summed E-state index contributed by atoms with van der Waals surface area (Å²) in [5.74, 6) is 0. The molecule has 0 radical (unpaired) electrons. The maximum absolute atomic E-state index is 11.5. The molecule has 1 N–H and O–H groups in total. The van der Waals surface area contributed by atoms with Gasteiger partial charge in [0.2, 0.25) is 0 Å². The SMILES string of the molecule is CC[C@@H]([C@@H](O)c1ccc(C)cc1)S(C)(=O)=O. The van der Waals surface area contributed by atoms with Crippen LogP contribution in [0.5, 0.6) is 0 Å². The summed E-state index contributed by atoms with van der Waals surface area (Å²) in [6, 6.07) is 7.28. The molecule has 90 valence electrons. The lowest BCUT2D eigenvalue weighted by atomic mass is 10.0. The molecule has 0 aliphatic rings. The van der Waals surface area contributed by atoms with Crippen LogP contribution < -0.4 is 0 Å². The van der Waals surface area contributed by atoms with Crippen LogP contribution in [-0.2, 0) is 9.84 Å². The molecule has 0 fully saturated rings. The topological polar surface area (TPSA) is 54.4 Å². The van der Waals surface area contributed by atoms with Crippen molar-refractivity contribution in [2.45, 2.75) is 31.6 Å². The molecule has 0 aromatic heterocycles. The van der Waals surface area contributed by atoms with E-state index in [-0.39, 0.29) is 0 Å². The lowest BCUT2D eigenvalue weighted by molar-refractivity contribution is 0.169. The third kappa shape index (κ3) is 3.06. The summed E-state index contributed by atoms with van der Waals surface area (Å²) in [4.78, 5) is 0. The van der Waals surface area contributed by atoms with Crippen LogP contribution in [0.3, 0.4) is 0 Å². The van der Waals surface area contributed by atoms with E-state index >= 15 is 0 Å². The zero-order valence-corrected chi connectivity index (χ0v) is 10.7. The fourth-order valence-electron chi connectivity index (χ4n) is 1.74. The maximum atomic E-state index is 11.5. The average molecular weight is 242 g/mol. The van der Waals surface area contributed by atoms with Gasteiger partial charge in [-0.15, -0.1) is 0 Å². The summed E-state index contributed by atoms with van der Waals surface area (Å²) in [6.45, 7) is 3.72. The van der Waals surface area contributed by atoms with Crippen molar-refractivity contribution in [1.82, 2.24) is 0 Å². The molecule has 1 rings (SSSR count). The van der Waals surface area contributed by atoms with E-state index in [2.05, 4.69) is 0 Å². The van der Waals surface area contributed by atoms with E-state index in [0.717, 1.165) is 5.56 Å². The fraction of sp³-hybridized carbons (Fsp3) is 0.500. The predicted molar refractivity (Wildman–Crippen MR) is 65.1 cm³/mol. The van der Waals surface area contributed by atoms with Crippen LogP contribution in [0.15, 0.2) is 24.3 Å². The van der Waals surface area contributed by atoms with Crippen molar-refractivity contribution in [3.63, 3.8) is 0 Å². The van der Waals surface area contributed by atoms with Gasteiger partial charge in [0.1, 0.15) is 0 Å². The quantitative estimate of drug-likeness (QED) is 0.876. The molecule has 0 aliphatic carbocycles. The van der Waals surface area contributed by atoms with E-state index in [4.69, 9.17) is 0 Å². The second-order valence-electron chi connectivity index (χ2n) is 4.13. The Morgan fingerprint density at radius 1 is 1.25 bits per heavy atom. The zero-order chi connectivity index (χ0) is 12.3. The van der Waals surface area contributed by atoms with Crippen molar-refractivity contribution in [2.75, 3.05) is 6.26 Å². The second kappa shape index (κ2) is 4.97. The minimum atomic E-state index is -3.22. The van der Waals surface area contributed by atoms with E-state index in [1.807, 2.05) is 19.1 Å². The van der Waals surface area contributed by atoms with Crippen molar-refractivity contribution in [3.05, 3.63) is 35.4 Å². The van der Waals surface area contributed by atoms with Crippen LogP contribution >= 0.6 is 0 Å². The summed E-state index contributed by atoms with van der Waals surface area (Å²) >= 11 is 0. The molecule has 1 aromatic carbocycles. The number of aliphatic hydroxyl groups is 1. The van der Waals surface area contributed by atoms with Crippen LogP contribution in [0, 0.1) is 6.92 Å². The van der Waals surface area contributed by atoms with Crippen LogP contribution in [0.1, 0.15) is 30.6 Å². The average Bonchev–Trinajstić information content (AvgIpc) is 2.17. The van der Waals surface area contributed by atoms with E-state index in [1.165, 1.54) is 6.26 Å². The third-order valence-corrected chi connectivity index (χ3v) is 4.41. The fourth-order valence-corrected chi connectivity index (χ4v) is 2.97. The van der Waals surface area contributed by atoms with Gasteiger partial charge in [0.05, 0.1) is 11.4 Å². The van der Waals surface area contributed by atoms with Crippen molar-refractivity contribution >= 4 is 9.84 Å². The van der Waals surface area contributed by atoms with Gasteiger partial charge in [-0.1, -0.05) is 36.8 Å². The molecule has 1 aromatic rings. The summed E-state index contributed by atoms with van der Waals surface area (Å²) in [6.07, 6.45) is 0.632. The molecule has 0 saturated carbocycles. The summed E-state index contributed by atoms with van der Waals surface area (Å²) < 4.78 is 23.0. The Morgan fingerprint density at radius 2 is 1.75 bits per heavy atom. The number of aryl methyl sites for hydroxylation is 1. The number of rotatable bonds is 4. The van der Waals surface area contributed by atoms with Gasteiger partial charge in [-0.05, 0) is 18.9 Å². The van der Waals surface area contributed by atoms with Gasteiger partial charge in [0.25, 0.3) is 0 Å². The Kier molecular flexibility index (Phi) is 4.10. The van der Waals surface area contributed by atoms with Gasteiger partial charge in [0, 0.05) is 6.26 Å². The second-order valence-corrected chi connectivity index (χ2v) is 6.40. The molecule has 3 nitrogen and oxygen atoms in total. The molecular weight excluding hydrogens is 224 g/mol. The third-order valence-electron chi connectivity index (χ3n) is 2.72. The van der Waals surface area contributed by atoms with E-state index in [0.29, 0.717) is 12.0 Å². The molecule has 0 saturated heterocycles. The van der Waals surface area contributed by atoms with Crippen molar-refractivity contribution in [1.29, 1.82) is 0 Å². The number of sulfone groups is 1. The first-order valence-electron chi connectivity index (χ1n) is 5.29. The van der Waals surface area contributed by atoms with Crippen LogP contribution in [0.4, 0.5) is 0 Å². The number of hydrogen-bond acceptors (Lipinski definition) is 3. The molecule has 0 bridgehead atoms. The van der Waals surface area contributed by atoms with Crippen LogP contribution in [-0.4, -0.2) is 25.0 Å². The van der Waals surface area contributed by atoms with E-state index < -0.39 is 21.2 Å². The Balaban J connectivity index is 3.00. The Hall–Kier alpha value is -0.870. The van der Waals surface area contributed by atoms with Gasteiger partial charge in [-0.25, -0.2) is 8.42 Å². The summed E-state index contributed by atoms with van der Waals surface area (Å²) in [5.41, 5.74) is 1.74. The lowest BCUT2D eigenvalue weighted by Crippen LogP contribution is -2.26. The van der Waals surface area contributed by atoms with Gasteiger partial charge in [-0.2, -0.15) is 0 Å². The summed E-state index contributed by atoms with van der Waals surface area (Å²) in [5, 5.41) is 9.30. The predicted octanol–water partition coefficient (Wildman–Crippen LogP) is 1.85. The molecule has 16 heavy (non-hydrogen) atoms. The monoisotopic (exact) mass is 242 g/mol. The normalized spacial score (nSPS) is 15.8. The zero-order valence-electron chi connectivity index (χ0n) is 9.84. The Bertz CT molecular complexity index is 434. The van der Waals surface area contributed by atoms with E-state index in [9.17, 15) is 13.5 Å². The van der Waals surface area contributed by atoms with E-state index in [1.54, 1.807) is 19.1 Å². The number of benzene rings is 1. The maximum Gasteiger partial charge on any atom is 0.153 e. The highest BCUT2D eigenvalue weighted by atomic mass is 32.2. The molecule has 0 spiro atoms. The first kappa shape index (κ1) is 13.2. The van der Waals surface area contributed by atoms with Crippen molar-refractivity contribution in [3.8, 4) is 0 Å². The first-order chi connectivity index (χ1) is 7.36. The smallest absolute Gasteiger partial charge is 0.153 e. The van der Waals surface area contributed by atoms with Crippen LogP contribution in [0.2, 0.25) is 0 Å². The largest absolute Gasteiger partial charge is 0.387 e. The van der Waals surface area contributed by atoms with Gasteiger partial charge < -0.3 is 5.11 Å². The minimum absolute atomic E-state index is 0.411. The first-order valence-corrected chi connectivity index (χ1v) is 7.25. The van der Waals surface area contributed by atoms with Gasteiger partial charge in [0.15, 0.2) is 9.84 Å².